The molecule has 1 saturated heterocycles. The summed E-state index contributed by atoms with van der Waals surface area (Å²) in [4.78, 5) is 34.6. The smallest absolute Gasteiger partial charge is 0.308 e. The van der Waals surface area contributed by atoms with Gasteiger partial charge in [0.2, 0.25) is 11.8 Å². The van der Waals surface area contributed by atoms with Gasteiger partial charge < -0.3 is 10.1 Å². The summed E-state index contributed by atoms with van der Waals surface area (Å²) in [5.41, 5.74) is 0. The van der Waals surface area contributed by atoms with Gasteiger partial charge in [0.25, 0.3) is 0 Å². The standard InChI is InChI=1S/C14H22N2O4/c1-2-20-14(19)9-4-3-5-10(8-9)15-11-6-7-12(17)16-13(11)18/h9-11,15H,2-8H2,1H3,(H,16,17,18). The van der Waals surface area contributed by atoms with Gasteiger partial charge in [0.1, 0.15) is 0 Å². The molecule has 3 unspecified atom stereocenters. The van der Waals surface area contributed by atoms with Crippen LogP contribution in [-0.2, 0) is 19.1 Å². The van der Waals surface area contributed by atoms with Crippen LogP contribution < -0.4 is 10.6 Å². The first kappa shape index (κ1) is 15.0. The molecule has 2 aliphatic rings. The molecule has 0 aromatic heterocycles. The second-order valence-electron chi connectivity index (χ2n) is 5.48. The van der Waals surface area contributed by atoms with Crippen molar-refractivity contribution in [3.63, 3.8) is 0 Å². The van der Waals surface area contributed by atoms with Crippen molar-refractivity contribution in [3.8, 4) is 0 Å². The molecule has 2 N–H and O–H groups in total. The number of imide groups is 1. The zero-order valence-electron chi connectivity index (χ0n) is 11.8. The molecule has 2 amide bonds. The lowest BCUT2D eigenvalue weighted by Gasteiger charge is -2.32. The molecule has 2 rings (SSSR count). The van der Waals surface area contributed by atoms with Crippen LogP contribution in [-0.4, -0.2) is 36.5 Å². The minimum Gasteiger partial charge on any atom is -0.466 e. The molecule has 0 radical (unpaired) electrons. The molecule has 0 spiro atoms. The van der Waals surface area contributed by atoms with E-state index < -0.39 is 0 Å². The lowest BCUT2D eigenvalue weighted by molar-refractivity contribution is -0.149. The maximum Gasteiger partial charge on any atom is 0.308 e. The van der Waals surface area contributed by atoms with Gasteiger partial charge in [0, 0.05) is 12.5 Å². The predicted molar refractivity (Wildman–Crippen MR) is 71.7 cm³/mol. The minimum absolute atomic E-state index is 0.0746. The van der Waals surface area contributed by atoms with E-state index in [0.29, 0.717) is 25.9 Å². The average Bonchev–Trinajstić information content (AvgIpc) is 2.43. The summed E-state index contributed by atoms with van der Waals surface area (Å²) in [6.45, 7) is 2.21. The molecule has 1 saturated carbocycles. The van der Waals surface area contributed by atoms with Crippen LogP contribution in [0.5, 0.6) is 0 Å². The van der Waals surface area contributed by atoms with E-state index in [-0.39, 0.29) is 35.8 Å². The summed E-state index contributed by atoms with van der Waals surface area (Å²) in [5, 5.41) is 5.62. The van der Waals surface area contributed by atoms with Crippen molar-refractivity contribution in [2.24, 2.45) is 5.92 Å². The van der Waals surface area contributed by atoms with E-state index in [1.165, 1.54) is 0 Å². The highest BCUT2D eigenvalue weighted by molar-refractivity contribution is 6.00. The Morgan fingerprint density at radius 2 is 2.15 bits per heavy atom. The van der Waals surface area contributed by atoms with Crippen molar-refractivity contribution >= 4 is 17.8 Å². The largest absolute Gasteiger partial charge is 0.466 e. The zero-order valence-corrected chi connectivity index (χ0v) is 11.8. The Morgan fingerprint density at radius 1 is 1.35 bits per heavy atom. The lowest BCUT2D eigenvalue weighted by atomic mass is 9.85. The van der Waals surface area contributed by atoms with E-state index in [2.05, 4.69) is 10.6 Å². The second kappa shape index (κ2) is 6.83. The molecule has 1 aliphatic heterocycles. The molecule has 1 heterocycles. The van der Waals surface area contributed by atoms with Crippen LogP contribution >= 0.6 is 0 Å². The number of hydrogen-bond donors (Lipinski definition) is 2. The summed E-state index contributed by atoms with van der Waals surface area (Å²) in [5.74, 6) is -0.669. The van der Waals surface area contributed by atoms with Crippen molar-refractivity contribution < 1.29 is 19.1 Å². The minimum atomic E-state index is -0.321. The third kappa shape index (κ3) is 3.79. The number of ether oxygens (including phenoxy) is 1. The van der Waals surface area contributed by atoms with Gasteiger partial charge in [-0.05, 0) is 32.6 Å². The van der Waals surface area contributed by atoms with E-state index in [1.807, 2.05) is 0 Å². The summed E-state index contributed by atoms with van der Waals surface area (Å²) < 4.78 is 5.06. The highest BCUT2D eigenvalue weighted by Crippen LogP contribution is 2.26. The summed E-state index contributed by atoms with van der Waals surface area (Å²) in [7, 11) is 0. The first-order valence-electron chi connectivity index (χ1n) is 7.36. The molecule has 2 fully saturated rings. The van der Waals surface area contributed by atoms with E-state index in [0.717, 1.165) is 19.3 Å². The predicted octanol–water partition coefficient (Wildman–Crippen LogP) is 0.503. The van der Waals surface area contributed by atoms with E-state index >= 15 is 0 Å². The van der Waals surface area contributed by atoms with Crippen LogP contribution in [0, 0.1) is 5.92 Å². The fourth-order valence-electron chi connectivity index (χ4n) is 2.95. The SMILES string of the molecule is CCOC(=O)C1CCCC(NC2CCC(=O)NC2=O)C1. The van der Waals surface area contributed by atoms with E-state index in [4.69, 9.17) is 4.74 Å². The fourth-order valence-corrected chi connectivity index (χ4v) is 2.95. The summed E-state index contributed by atoms with van der Waals surface area (Å²) in [6, 6.07) is -0.180. The van der Waals surface area contributed by atoms with Crippen LogP contribution in [0.2, 0.25) is 0 Å². The van der Waals surface area contributed by atoms with Gasteiger partial charge in [0.05, 0.1) is 18.6 Å². The second-order valence-corrected chi connectivity index (χ2v) is 5.48. The maximum atomic E-state index is 11.8. The van der Waals surface area contributed by atoms with E-state index in [1.54, 1.807) is 6.92 Å². The van der Waals surface area contributed by atoms with Crippen LogP contribution in [0.25, 0.3) is 0 Å². The van der Waals surface area contributed by atoms with Crippen molar-refractivity contribution in [2.45, 2.75) is 57.5 Å². The van der Waals surface area contributed by atoms with Gasteiger partial charge in [-0.25, -0.2) is 0 Å². The van der Waals surface area contributed by atoms with Crippen molar-refractivity contribution in [3.05, 3.63) is 0 Å². The Morgan fingerprint density at radius 3 is 2.85 bits per heavy atom. The number of amides is 2. The molecule has 3 atom stereocenters. The molecule has 1 aliphatic carbocycles. The van der Waals surface area contributed by atoms with E-state index in [9.17, 15) is 14.4 Å². The molecular formula is C14H22N2O4. The molecule has 0 aromatic rings. The molecule has 6 heteroatoms. The Hall–Kier alpha value is -1.43. The van der Waals surface area contributed by atoms with Gasteiger partial charge in [-0.1, -0.05) is 6.42 Å². The fraction of sp³-hybridized carbons (Fsp3) is 0.786. The summed E-state index contributed by atoms with van der Waals surface area (Å²) in [6.07, 6.45) is 4.37. The van der Waals surface area contributed by atoms with Crippen LogP contribution in [0.15, 0.2) is 0 Å². The number of esters is 1. The molecule has 0 bridgehead atoms. The van der Waals surface area contributed by atoms with Gasteiger partial charge in [0.15, 0.2) is 0 Å². The highest BCUT2D eigenvalue weighted by Gasteiger charge is 2.32. The highest BCUT2D eigenvalue weighted by atomic mass is 16.5. The van der Waals surface area contributed by atoms with Gasteiger partial charge >= 0.3 is 5.97 Å². The van der Waals surface area contributed by atoms with Crippen LogP contribution in [0.4, 0.5) is 0 Å². The quantitative estimate of drug-likeness (QED) is 0.579. The van der Waals surface area contributed by atoms with Crippen molar-refractivity contribution in [1.82, 2.24) is 10.6 Å². The molecule has 0 aromatic carbocycles. The molecule has 6 nitrogen and oxygen atoms in total. The normalized spacial score (nSPS) is 30.8. The number of piperidine rings is 1. The maximum absolute atomic E-state index is 11.8. The molecular weight excluding hydrogens is 260 g/mol. The van der Waals surface area contributed by atoms with Crippen LogP contribution in [0.1, 0.15) is 45.4 Å². The van der Waals surface area contributed by atoms with Gasteiger partial charge in [-0.3, -0.25) is 19.7 Å². The van der Waals surface area contributed by atoms with Crippen LogP contribution in [0.3, 0.4) is 0 Å². The average molecular weight is 282 g/mol. The summed E-state index contributed by atoms with van der Waals surface area (Å²) >= 11 is 0. The monoisotopic (exact) mass is 282 g/mol. The number of carbonyl (C=O) groups excluding carboxylic acids is 3. The Bertz CT molecular complexity index is 397. The number of hydrogen-bond acceptors (Lipinski definition) is 5. The van der Waals surface area contributed by atoms with Gasteiger partial charge in [-0.2, -0.15) is 0 Å². The molecule has 20 heavy (non-hydrogen) atoms. The molecule has 112 valence electrons. The van der Waals surface area contributed by atoms with Crippen molar-refractivity contribution in [1.29, 1.82) is 0 Å². The lowest BCUT2D eigenvalue weighted by Crippen LogP contribution is -2.54. The third-order valence-electron chi connectivity index (χ3n) is 3.97. The Balaban J connectivity index is 1.85. The first-order chi connectivity index (χ1) is 9.60. The zero-order chi connectivity index (χ0) is 14.5. The number of carbonyl (C=O) groups is 3. The Kier molecular flexibility index (Phi) is 5.11. The number of rotatable bonds is 4. The first-order valence-corrected chi connectivity index (χ1v) is 7.36. The van der Waals surface area contributed by atoms with Gasteiger partial charge in [-0.15, -0.1) is 0 Å². The number of nitrogens with one attached hydrogen (secondary N) is 2. The Labute approximate surface area is 118 Å². The van der Waals surface area contributed by atoms with Crippen molar-refractivity contribution in [2.75, 3.05) is 6.61 Å². The topological polar surface area (TPSA) is 84.5 Å². The third-order valence-corrected chi connectivity index (χ3v) is 3.97.